The van der Waals surface area contributed by atoms with Gasteiger partial charge in [-0.3, -0.25) is 4.90 Å². The maximum absolute atomic E-state index is 5.61. The lowest BCUT2D eigenvalue weighted by Crippen LogP contribution is -2.31. The number of furan rings is 1. The molecule has 0 radical (unpaired) electrons. The van der Waals surface area contributed by atoms with Gasteiger partial charge in [0, 0.05) is 24.7 Å². The first-order chi connectivity index (χ1) is 7.85. The Morgan fingerprint density at radius 1 is 1.50 bits per heavy atom. The first kappa shape index (κ1) is 10.4. The van der Waals surface area contributed by atoms with Gasteiger partial charge in [-0.2, -0.15) is 0 Å². The molecule has 1 aromatic rings. The Morgan fingerprint density at radius 3 is 3.12 bits per heavy atom. The zero-order valence-corrected chi connectivity index (χ0v) is 9.91. The van der Waals surface area contributed by atoms with E-state index in [2.05, 4.69) is 16.3 Å². The van der Waals surface area contributed by atoms with Crippen molar-refractivity contribution in [1.82, 2.24) is 10.2 Å². The molecule has 2 unspecified atom stereocenters. The molecule has 2 heterocycles. The Morgan fingerprint density at radius 2 is 2.44 bits per heavy atom. The van der Waals surface area contributed by atoms with Crippen molar-refractivity contribution in [2.45, 2.75) is 38.4 Å². The fourth-order valence-electron chi connectivity index (χ4n) is 3.23. The van der Waals surface area contributed by atoms with E-state index in [1.165, 1.54) is 31.4 Å². The normalized spacial score (nSPS) is 29.1. The van der Waals surface area contributed by atoms with E-state index in [1.807, 2.05) is 13.3 Å². The van der Waals surface area contributed by atoms with Crippen molar-refractivity contribution in [3.63, 3.8) is 0 Å². The highest BCUT2D eigenvalue weighted by Crippen LogP contribution is 2.38. The summed E-state index contributed by atoms with van der Waals surface area (Å²) in [6, 6.07) is 3.02. The van der Waals surface area contributed by atoms with Crippen molar-refractivity contribution in [2.75, 3.05) is 13.6 Å². The highest BCUT2D eigenvalue weighted by atomic mass is 16.3. The summed E-state index contributed by atoms with van der Waals surface area (Å²) in [5.74, 6) is 2.09. The molecule has 1 saturated carbocycles. The minimum absolute atomic E-state index is 0.836. The van der Waals surface area contributed by atoms with Crippen LogP contribution < -0.4 is 5.32 Å². The van der Waals surface area contributed by atoms with E-state index in [0.29, 0.717) is 0 Å². The van der Waals surface area contributed by atoms with Crippen LogP contribution in [0.3, 0.4) is 0 Å². The number of rotatable bonds is 4. The average molecular weight is 220 g/mol. The van der Waals surface area contributed by atoms with Crippen LogP contribution in [0.2, 0.25) is 0 Å². The number of nitrogens with one attached hydrogen (secondary N) is 1. The van der Waals surface area contributed by atoms with Gasteiger partial charge in [0.2, 0.25) is 0 Å². The standard InChI is InChI=1S/C13H20N2O/c1-14-6-11-5-13(16-9-11)8-15-7-10-2-3-12(15)4-10/h5,9-10,12,14H,2-4,6-8H2,1H3. The second-order valence-electron chi connectivity index (χ2n) is 5.21. The summed E-state index contributed by atoms with van der Waals surface area (Å²) in [4.78, 5) is 2.59. The second-order valence-corrected chi connectivity index (χ2v) is 5.21. The lowest BCUT2D eigenvalue weighted by molar-refractivity contribution is 0.190. The van der Waals surface area contributed by atoms with Gasteiger partial charge in [-0.15, -0.1) is 0 Å². The van der Waals surface area contributed by atoms with Crippen molar-refractivity contribution >= 4 is 0 Å². The van der Waals surface area contributed by atoms with E-state index < -0.39 is 0 Å². The van der Waals surface area contributed by atoms with Gasteiger partial charge in [-0.25, -0.2) is 0 Å². The predicted molar refractivity (Wildman–Crippen MR) is 63.0 cm³/mol. The molecule has 2 aliphatic rings. The molecule has 3 nitrogen and oxygen atoms in total. The molecule has 1 saturated heterocycles. The van der Waals surface area contributed by atoms with Crippen molar-refractivity contribution in [3.05, 3.63) is 23.7 Å². The van der Waals surface area contributed by atoms with Crippen LogP contribution in [0.15, 0.2) is 16.7 Å². The van der Waals surface area contributed by atoms with Crippen molar-refractivity contribution in [2.24, 2.45) is 5.92 Å². The van der Waals surface area contributed by atoms with Crippen LogP contribution in [0.5, 0.6) is 0 Å². The van der Waals surface area contributed by atoms with Gasteiger partial charge in [-0.05, 0) is 38.3 Å². The molecule has 1 aliphatic carbocycles. The zero-order chi connectivity index (χ0) is 11.0. The van der Waals surface area contributed by atoms with Crippen molar-refractivity contribution < 1.29 is 4.42 Å². The summed E-state index contributed by atoms with van der Waals surface area (Å²) in [7, 11) is 1.96. The molecule has 2 atom stereocenters. The van der Waals surface area contributed by atoms with Crippen LogP contribution in [-0.4, -0.2) is 24.5 Å². The van der Waals surface area contributed by atoms with E-state index in [4.69, 9.17) is 4.42 Å². The van der Waals surface area contributed by atoms with Crippen LogP contribution in [0.25, 0.3) is 0 Å². The fourth-order valence-corrected chi connectivity index (χ4v) is 3.23. The lowest BCUT2D eigenvalue weighted by Gasteiger charge is -2.25. The summed E-state index contributed by atoms with van der Waals surface area (Å²) < 4.78 is 5.61. The van der Waals surface area contributed by atoms with E-state index >= 15 is 0 Å². The smallest absolute Gasteiger partial charge is 0.118 e. The number of piperidine rings is 1. The van der Waals surface area contributed by atoms with E-state index in [-0.39, 0.29) is 0 Å². The number of hydrogen-bond acceptors (Lipinski definition) is 3. The van der Waals surface area contributed by atoms with Gasteiger partial charge in [0.1, 0.15) is 5.76 Å². The summed E-state index contributed by atoms with van der Waals surface area (Å²) in [6.45, 7) is 3.19. The number of nitrogens with zero attached hydrogens (tertiary/aromatic N) is 1. The highest BCUT2D eigenvalue weighted by Gasteiger charge is 2.37. The zero-order valence-electron chi connectivity index (χ0n) is 9.91. The minimum Gasteiger partial charge on any atom is -0.468 e. The monoisotopic (exact) mass is 220 g/mol. The Bertz CT molecular complexity index is 361. The Hall–Kier alpha value is -0.800. The molecule has 16 heavy (non-hydrogen) atoms. The molecular weight excluding hydrogens is 200 g/mol. The van der Waals surface area contributed by atoms with E-state index in [9.17, 15) is 0 Å². The predicted octanol–water partition coefficient (Wildman–Crippen LogP) is 1.98. The molecule has 88 valence electrons. The topological polar surface area (TPSA) is 28.4 Å². The fraction of sp³-hybridized carbons (Fsp3) is 0.692. The van der Waals surface area contributed by atoms with Crippen molar-refractivity contribution in [1.29, 1.82) is 0 Å². The first-order valence-corrected chi connectivity index (χ1v) is 6.30. The molecule has 0 spiro atoms. The molecule has 0 aromatic carbocycles. The van der Waals surface area contributed by atoms with Gasteiger partial charge in [-0.1, -0.05) is 0 Å². The third kappa shape index (κ3) is 1.89. The van der Waals surface area contributed by atoms with Gasteiger partial charge >= 0.3 is 0 Å². The number of likely N-dealkylation sites (tertiary alicyclic amines) is 1. The largest absolute Gasteiger partial charge is 0.468 e. The number of fused-ring (bicyclic) bond motifs is 2. The summed E-state index contributed by atoms with van der Waals surface area (Å²) in [5, 5.41) is 3.14. The molecule has 1 aromatic heterocycles. The van der Waals surface area contributed by atoms with Gasteiger partial charge in [0.25, 0.3) is 0 Å². The van der Waals surface area contributed by atoms with Gasteiger partial charge < -0.3 is 9.73 Å². The first-order valence-electron chi connectivity index (χ1n) is 6.30. The van der Waals surface area contributed by atoms with Crippen LogP contribution in [0.4, 0.5) is 0 Å². The maximum atomic E-state index is 5.61. The van der Waals surface area contributed by atoms with Crippen LogP contribution >= 0.6 is 0 Å². The molecule has 1 aliphatic heterocycles. The number of hydrogen-bond donors (Lipinski definition) is 1. The van der Waals surface area contributed by atoms with Crippen LogP contribution in [0.1, 0.15) is 30.6 Å². The molecule has 0 amide bonds. The molecule has 2 bridgehead atoms. The SMILES string of the molecule is CNCc1coc(CN2CC3CCC2C3)c1. The van der Waals surface area contributed by atoms with Crippen LogP contribution in [0, 0.1) is 5.92 Å². The molecule has 1 N–H and O–H groups in total. The molecular formula is C13H20N2O. The average Bonchev–Trinajstić information content (AvgIpc) is 2.95. The minimum atomic E-state index is 0.836. The van der Waals surface area contributed by atoms with Crippen LogP contribution in [-0.2, 0) is 13.1 Å². The second kappa shape index (κ2) is 4.22. The maximum Gasteiger partial charge on any atom is 0.118 e. The molecule has 2 fully saturated rings. The van der Waals surface area contributed by atoms with E-state index in [1.54, 1.807) is 0 Å². The van der Waals surface area contributed by atoms with Gasteiger partial charge in [0.15, 0.2) is 0 Å². The highest BCUT2D eigenvalue weighted by molar-refractivity contribution is 5.13. The quantitative estimate of drug-likeness (QED) is 0.841. The Labute approximate surface area is 96.8 Å². The lowest BCUT2D eigenvalue weighted by atomic mass is 10.1. The summed E-state index contributed by atoms with van der Waals surface area (Å²) >= 11 is 0. The third-order valence-electron chi connectivity index (χ3n) is 3.97. The summed E-state index contributed by atoms with van der Waals surface area (Å²) in [6.07, 6.45) is 6.14. The molecule has 3 heteroatoms. The summed E-state index contributed by atoms with van der Waals surface area (Å²) in [5.41, 5.74) is 1.25. The van der Waals surface area contributed by atoms with Gasteiger partial charge in [0.05, 0.1) is 12.8 Å². The molecule has 3 rings (SSSR count). The Balaban J connectivity index is 1.61. The van der Waals surface area contributed by atoms with E-state index in [0.717, 1.165) is 30.8 Å². The van der Waals surface area contributed by atoms with Crippen molar-refractivity contribution in [3.8, 4) is 0 Å². The third-order valence-corrected chi connectivity index (χ3v) is 3.97. The Kier molecular flexibility index (Phi) is 2.74.